The van der Waals surface area contributed by atoms with Crippen LogP contribution in [0, 0.1) is 0 Å². The van der Waals surface area contributed by atoms with Crippen molar-refractivity contribution < 1.29 is 9.90 Å². The molecular formula is C17H25NO2S. The van der Waals surface area contributed by atoms with E-state index in [0.29, 0.717) is 11.6 Å². The van der Waals surface area contributed by atoms with Gasteiger partial charge in [-0.2, -0.15) is 0 Å². The Labute approximate surface area is 131 Å². The number of rotatable bonds is 5. The number of benzene rings is 1. The van der Waals surface area contributed by atoms with Crippen LogP contribution in [0.1, 0.15) is 62.2 Å². The smallest absolute Gasteiger partial charge is 0.338 e. The number of nitrogens with one attached hydrogen (secondary N) is 1. The van der Waals surface area contributed by atoms with E-state index >= 15 is 0 Å². The highest BCUT2D eigenvalue weighted by Gasteiger charge is 2.18. The summed E-state index contributed by atoms with van der Waals surface area (Å²) in [7, 11) is 0. The maximum absolute atomic E-state index is 11.6. The van der Waals surface area contributed by atoms with Gasteiger partial charge in [0.1, 0.15) is 0 Å². The van der Waals surface area contributed by atoms with Gasteiger partial charge in [0.2, 0.25) is 0 Å². The molecule has 1 aliphatic carbocycles. The van der Waals surface area contributed by atoms with E-state index in [1.54, 1.807) is 11.8 Å². The van der Waals surface area contributed by atoms with Crippen LogP contribution in [0.25, 0.3) is 0 Å². The van der Waals surface area contributed by atoms with Crippen molar-refractivity contribution in [2.45, 2.75) is 62.8 Å². The highest BCUT2D eigenvalue weighted by molar-refractivity contribution is 7.99. The molecule has 0 atom stereocenters. The summed E-state index contributed by atoms with van der Waals surface area (Å²) in [5, 5.41) is 13.1. The number of anilines is 1. The van der Waals surface area contributed by atoms with Crippen LogP contribution in [0.15, 0.2) is 23.1 Å². The Kier molecular flexibility index (Phi) is 6.43. The van der Waals surface area contributed by atoms with E-state index in [2.05, 4.69) is 5.32 Å². The van der Waals surface area contributed by atoms with Gasteiger partial charge in [-0.15, -0.1) is 11.8 Å². The first-order valence-electron chi connectivity index (χ1n) is 7.98. The molecule has 0 bridgehead atoms. The number of thioether (sulfide) groups is 1. The molecule has 1 aromatic carbocycles. The molecule has 2 rings (SSSR count). The summed E-state index contributed by atoms with van der Waals surface area (Å²) in [6.07, 6.45) is 8.71. The minimum Gasteiger partial charge on any atom is -0.478 e. The van der Waals surface area contributed by atoms with Crippen molar-refractivity contribution in [1.82, 2.24) is 0 Å². The SMILES string of the molecule is CCSc1cccc(NC2CCCCCCC2)c1C(=O)O. The fraction of sp³-hybridized carbons (Fsp3) is 0.588. The molecule has 1 aliphatic rings. The first-order chi connectivity index (χ1) is 10.2. The Bertz CT molecular complexity index is 468. The molecule has 21 heavy (non-hydrogen) atoms. The van der Waals surface area contributed by atoms with E-state index < -0.39 is 5.97 Å². The third-order valence-electron chi connectivity index (χ3n) is 4.00. The van der Waals surface area contributed by atoms with E-state index in [-0.39, 0.29) is 0 Å². The fourth-order valence-electron chi connectivity index (χ4n) is 2.97. The van der Waals surface area contributed by atoms with Crippen molar-refractivity contribution in [3.8, 4) is 0 Å². The van der Waals surface area contributed by atoms with Gasteiger partial charge in [0.25, 0.3) is 0 Å². The third-order valence-corrected chi connectivity index (χ3v) is 4.94. The summed E-state index contributed by atoms with van der Waals surface area (Å²) in [4.78, 5) is 12.5. The zero-order valence-corrected chi connectivity index (χ0v) is 13.5. The maximum atomic E-state index is 11.6. The van der Waals surface area contributed by atoms with Crippen LogP contribution >= 0.6 is 11.8 Å². The molecule has 0 amide bonds. The van der Waals surface area contributed by atoms with Crippen LogP contribution < -0.4 is 5.32 Å². The second-order valence-electron chi connectivity index (χ2n) is 5.60. The lowest BCUT2D eigenvalue weighted by molar-refractivity contribution is 0.0694. The second-order valence-corrected chi connectivity index (χ2v) is 6.91. The number of carboxylic acids is 1. The quantitative estimate of drug-likeness (QED) is 0.750. The summed E-state index contributed by atoms with van der Waals surface area (Å²) in [5.74, 6) is 0.0487. The van der Waals surface area contributed by atoms with Crippen molar-refractivity contribution in [3.63, 3.8) is 0 Å². The lowest BCUT2D eigenvalue weighted by Gasteiger charge is -2.23. The summed E-state index contributed by atoms with van der Waals surface area (Å²) >= 11 is 1.59. The number of carbonyl (C=O) groups is 1. The lowest BCUT2D eigenvalue weighted by Crippen LogP contribution is -2.22. The second kappa shape index (κ2) is 8.32. The zero-order valence-electron chi connectivity index (χ0n) is 12.7. The third kappa shape index (κ3) is 4.67. The normalized spacial score (nSPS) is 17.0. The van der Waals surface area contributed by atoms with E-state index in [4.69, 9.17) is 0 Å². The topological polar surface area (TPSA) is 49.3 Å². The van der Waals surface area contributed by atoms with Crippen LogP contribution in [0.5, 0.6) is 0 Å². The van der Waals surface area contributed by atoms with E-state index in [0.717, 1.165) is 29.2 Å². The van der Waals surface area contributed by atoms with E-state index in [1.165, 1.54) is 32.1 Å². The fourth-order valence-corrected chi connectivity index (χ4v) is 3.80. The first-order valence-corrected chi connectivity index (χ1v) is 8.96. The van der Waals surface area contributed by atoms with Gasteiger partial charge in [0.15, 0.2) is 0 Å². The van der Waals surface area contributed by atoms with Gasteiger partial charge >= 0.3 is 5.97 Å². The zero-order chi connectivity index (χ0) is 15.1. The minimum absolute atomic E-state index is 0.408. The molecule has 4 heteroatoms. The van der Waals surface area contributed by atoms with Gasteiger partial charge in [-0.25, -0.2) is 4.79 Å². The van der Waals surface area contributed by atoms with Gasteiger partial charge < -0.3 is 10.4 Å². The molecule has 0 unspecified atom stereocenters. The van der Waals surface area contributed by atoms with Crippen molar-refractivity contribution in [2.24, 2.45) is 0 Å². The molecule has 116 valence electrons. The monoisotopic (exact) mass is 307 g/mol. The molecule has 0 aliphatic heterocycles. The van der Waals surface area contributed by atoms with Crippen LogP contribution in [0.4, 0.5) is 5.69 Å². The van der Waals surface area contributed by atoms with Gasteiger partial charge in [0.05, 0.1) is 11.3 Å². The molecule has 1 aromatic rings. The van der Waals surface area contributed by atoms with Crippen molar-refractivity contribution >= 4 is 23.4 Å². The summed E-state index contributed by atoms with van der Waals surface area (Å²) in [6.45, 7) is 2.05. The molecule has 1 saturated carbocycles. The summed E-state index contributed by atoms with van der Waals surface area (Å²) in [6, 6.07) is 6.17. The molecule has 0 aromatic heterocycles. The number of hydrogen-bond acceptors (Lipinski definition) is 3. The highest BCUT2D eigenvalue weighted by Crippen LogP contribution is 2.30. The molecule has 0 saturated heterocycles. The molecule has 0 heterocycles. The Hall–Kier alpha value is -1.16. The molecule has 0 spiro atoms. The van der Waals surface area contributed by atoms with E-state index in [9.17, 15) is 9.90 Å². The van der Waals surface area contributed by atoms with Crippen molar-refractivity contribution in [1.29, 1.82) is 0 Å². The maximum Gasteiger partial charge on any atom is 0.338 e. The summed E-state index contributed by atoms with van der Waals surface area (Å²) < 4.78 is 0. The van der Waals surface area contributed by atoms with Crippen LogP contribution in [0.3, 0.4) is 0 Å². The van der Waals surface area contributed by atoms with Crippen LogP contribution in [-0.2, 0) is 0 Å². The predicted octanol–water partition coefficient (Wildman–Crippen LogP) is 5.02. The van der Waals surface area contributed by atoms with Crippen LogP contribution in [0.2, 0.25) is 0 Å². The number of aromatic carboxylic acids is 1. The first kappa shape index (κ1) is 16.2. The molecular weight excluding hydrogens is 282 g/mol. The van der Waals surface area contributed by atoms with Crippen LogP contribution in [-0.4, -0.2) is 22.9 Å². The number of hydrogen-bond donors (Lipinski definition) is 2. The predicted molar refractivity (Wildman–Crippen MR) is 89.5 cm³/mol. The minimum atomic E-state index is -0.833. The van der Waals surface area contributed by atoms with Crippen molar-refractivity contribution in [2.75, 3.05) is 11.1 Å². The van der Waals surface area contributed by atoms with Gasteiger partial charge in [-0.1, -0.05) is 45.1 Å². The number of carboxylic acid groups (broad SMARTS) is 1. The molecule has 2 N–H and O–H groups in total. The average molecular weight is 307 g/mol. The largest absolute Gasteiger partial charge is 0.478 e. The molecule has 1 fully saturated rings. The van der Waals surface area contributed by atoms with E-state index in [1.807, 2.05) is 25.1 Å². The van der Waals surface area contributed by atoms with Gasteiger partial charge in [-0.3, -0.25) is 0 Å². The molecule has 0 radical (unpaired) electrons. The molecule has 3 nitrogen and oxygen atoms in total. The Balaban J connectivity index is 2.17. The van der Waals surface area contributed by atoms with Crippen molar-refractivity contribution in [3.05, 3.63) is 23.8 Å². The highest BCUT2D eigenvalue weighted by atomic mass is 32.2. The Morgan fingerprint density at radius 2 is 1.90 bits per heavy atom. The lowest BCUT2D eigenvalue weighted by atomic mass is 9.96. The average Bonchev–Trinajstić information content (AvgIpc) is 2.42. The Morgan fingerprint density at radius 1 is 1.24 bits per heavy atom. The van der Waals surface area contributed by atoms with Gasteiger partial charge in [0, 0.05) is 10.9 Å². The summed E-state index contributed by atoms with van der Waals surface area (Å²) in [5.41, 5.74) is 1.22. The Morgan fingerprint density at radius 3 is 2.52 bits per heavy atom. The standard InChI is InChI=1S/C17H25NO2S/c1-2-21-15-12-8-11-14(16(15)17(19)20)18-13-9-6-4-3-5-7-10-13/h8,11-13,18H,2-7,9-10H2,1H3,(H,19,20). The van der Waals surface area contributed by atoms with Gasteiger partial charge in [-0.05, 0) is 30.7 Å².